The van der Waals surface area contributed by atoms with Crippen molar-refractivity contribution in [2.75, 3.05) is 69.3 Å². The minimum Gasteiger partial charge on any atom is -0.478 e. The average molecular weight is 880 g/mol. The number of aromatic amines is 1. The summed E-state index contributed by atoms with van der Waals surface area (Å²) < 4.78 is 26.0. The van der Waals surface area contributed by atoms with E-state index in [-0.39, 0.29) is 43.5 Å². The lowest BCUT2D eigenvalue weighted by Crippen LogP contribution is -2.38. The monoisotopic (exact) mass is 879 g/mol. The number of hydrogen-bond acceptors (Lipinski definition) is 14. The fourth-order valence-electron chi connectivity index (χ4n) is 6.62. The van der Waals surface area contributed by atoms with E-state index in [1.54, 1.807) is 18.2 Å². The van der Waals surface area contributed by atoms with Crippen molar-refractivity contribution in [3.63, 3.8) is 0 Å². The quantitative estimate of drug-likeness (QED) is 0.0821. The van der Waals surface area contributed by atoms with Gasteiger partial charge in [0.05, 0.1) is 42.5 Å². The zero-order chi connectivity index (χ0) is 45.6. The first-order valence-corrected chi connectivity index (χ1v) is 21.1. The van der Waals surface area contributed by atoms with Gasteiger partial charge in [0.2, 0.25) is 5.82 Å². The second kappa shape index (κ2) is 22.8. The molecule has 0 saturated carbocycles. The third kappa shape index (κ3) is 14.1. The molecule has 62 heavy (non-hydrogen) atoms. The minimum absolute atomic E-state index is 0.00537. The van der Waals surface area contributed by atoms with Gasteiger partial charge in [0.15, 0.2) is 0 Å². The van der Waals surface area contributed by atoms with Gasteiger partial charge in [-0.2, -0.15) is 4.37 Å². The number of aryl methyl sites for hydroxylation is 1. The lowest BCUT2D eigenvalue weighted by Gasteiger charge is -2.30. The van der Waals surface area contributed by atoms with Gasteiger partial charge in [-0.15, -0.1) is 4.37 Å². The number of fused-ring (bicyclic) bond motifs is 1. The number of carboxylic acid groups (broad SMARTS) is 2. The summed E-state index contributed by atoms with van der Waals surface area (Å²) in [5, 5.41) is 21.5. The number of benzene rings is 1. The summed E-state index contributed by atoms with van der Waals surface area (Å²) in [6.07, 6.45) is 2.31. The maximum Gasteiger partial charge on any atom is 0.328 e. The lowest BCUT2D eigenvalue weighted by molar-refractivity contribution is -0.157. The number of rotatable bonds is 19. The van der Waals surface area contributed by atoms with E-state index in [1.165, 1.54) is 0 Å². The molecule has 5 N–H and O–H groups in total. The summed E-state index contributed by atoms with van der Waals surface area (Å²) in [6, 6.07) is 5.41. The molecule has 0 unspecified atom stereocenters. The standard InChI is InChI=1S/C39H53N7O7S.C4H4O4/c1-8-45(9-2)15-14-40-37(50)34-24(3)31(41-25(34)4)22-29-28-21-26(10-12-30(28)42-36(29)49)20-27(47)11-13-33(48)53-32(39(5,6)7)23-52-38-35(43-54-44-38)46-16-18-51-19-17-46;5-3(6)1-2-4(7)8/h10,12,21-22,32,41H,8-9,11,13-20,23H2,1-7H3,(H,40,50)(H,42,49);1-2H,(H,5,6)(H,7,8)/b29-22-;2-1-/t32-;/m1./s1. The Hall–Kier alpha value is -5.92. The number of carboxylic acids is 2. The predicted molar refractivity (Wildman–Crippen MR) is 233 cm³/mol. The molecule has 1 fully saturated rings. The smallest absolute Gasteiger partial charge is 0.328 e. The Morgan fingerprint density at radius 2 is 1.71 bits per heavy atom. The van der Waals surface area contributed by atoms with Crippen molar-refractivity contribution >= 4 is 70.4 Å². The maximum absolute atomic E-state index is 13.1. The van der Waals surface area contributed by atoms with E-state index in [4.69, 9.17) is 24.4 Å². The Morgan fingerprint density at radius 1 is 1.03 bits per heavy atom. The highest BCUT2D eigenvalue weighted by molar-refractivity contribution is 6.99. The van der Waals surface area contributed by atoms with Gasteiger partial charge in [0.25, 0.3) is 17.7 Å². The number of nitrogens with zero attached hydrogens (tertiary/aromatic N) is 4. The van der Waals surface area contributed by atoms with E-state index >= 15 is 0 Å². The van der Waals surface area contributed by atoms with Gasteiger partial charge in [-0.1, -0.05) is 40.7 Å². The molecule has 0 bridgehead atoms. The molecule has 1 atom stereocenters. The molecule has 1 aromatic carbocycles. The average Bonchev–Trinajstić information content (AvgIpc) is 3.90. The molecule has 19 heteroatoms. The molecule has 0 spiro atoms. The molecule has 5 rings (SSSR count). The fourth-order valence-corrected chi connectivity index (χ4v) is 7.14. The van der Waals surface area contributed by atoms with Crippen LogP contribution in [-0.2, 0) is 39.9 Å². The molecule has 4 heterocycles. The number of ketones is 1. The normalized spacial score (nSPS) is 14.9. The minimum atomic E-state index is -1.26. The number of carbonyl (C=O) groups excluding carboxylic acids is 4. The maximum atomic E-state index is 13.1. The molecular weight excluding hydrogens is 823 g/mol. The number of aromatic nitrogens is 3. The molecule has 1 saturated heterocycles. The van der Waals surface area contributed by atoms with Crippen LogP contribution in [0.1, 0.15) is 85.9 Å². The van der Waals surface area contributed by atoms with Gasteiger partial charge in [0, 0.05) is 79.2 Å². The number of H-pyrrole nitrogens is 1. The highest BCUT2D eigenvalue weighted by Crippen LogP contribution is 2.35. The Morgan fingerprint density at radius 3 is 2.34 bits per heavy atom. The van der Waals surface area contributed by atoms with Crippen LogP contribution in [0.3, 0.4) is 0 Å². The summed E-state index contributed by atoms with van der Waals surface area (Å²) in [6.45, 7) is 19.6. The number of morpholine rings is 1. The van der Waals surface area contributed by atoms with Crippen molar-refractivity contribution in [2.24, 2.45) is 5.41 Å². The van der Waals surface area contributed by atoms with Crippen LogP contribution < -0.4 is 20.3 Å². The number of amides is 2. The highest BCUT2D eigenvalue weighted by atomic mass is 32.1. The third-order valence-corrected chi connectivity index (χ3v) is 10.7. The van der Waals surface area contributed by atoms with Gasteiger partial charge in [-0.05, 0) is 56.3 Å². The molecule has 2 amide bonds. The Labute approximate surface area is 365 Å². The molecule has 2 aliphatic rings. The first kappa shape index (κ1) is 48.7. The Balaban J connectivity index is 0.000000959. The van der Waals surface area contributed by atoms with Crippen LogP contribution in [0, 0.1) is 19.3 Å². The number of Topliss-reactive ketones (excluding diaryl/α,β-unsaturated/α-hetero) is 1. The zero-order valence-electron chi connectivity index (χ0n) is 36.3. The second-order valence-corrected chi connectivity index (χ2v) is 16.2. The molecule has 0 radical (unpaired) electrons. The van der Waals surface area contributed by atoms with Crippen LogP contribution in [0.4, 0.5) is 11.5 Å². The SMILES string of the molecule is CCN(CC)CCNC(=O)c1c(C)[nH]c(/C=C2\C(=O)Nc3ccc(CC(=O)CCC(=O)O[C@H](COc4nsnc4N4CCOCC4)C(C)(C)C)cc32)c1C.O=C(O)/C=C\C(=O)O. The van der Waals surface area contributed by atoms with Crippen LogP contribution in [0.5, 0.6) is 5.88 Å². The molecule has 3 aromatic rings. The number of esters is 1. The number of ether oxygens (including phenoxy) is 3. The fraction of sp³-hybridized carbons (Fsp3) is 0.488. The van der Waals surface area contributed by atoms with E-state index in [0.29, 0.717) is 90.5 Å². The molecular formula is C43H57N7O11S. The number of aliphatic carboxylic acids is 2. The van der Waals surface area contributed by atoms with Crippen molar-refractivity contribution in [2.45, 2.75) is 73.8 Å². The molecule has 18 nitrogen and oxygen atoms in total. The predicted octanol–water partition coefficient (Wildman–Crippen LogP) is 4.52. The Bertz CT molecular complexity index is 2130. The van der Waals surface area contributed by atoms with Crippen molar-refractivity contribution in [1.82, 2.24) is 23.9 Å². The van der Waals surface area contributed by atoms with Crippen LogP contribution in [0.25, 0.3) is 11.6 Å². The van der Waals surface area contributed by atoms with Gasteiger partial charge < -0.3 is 49.8 Å². The third-order valence-electron chi connectivity index (χ3n) is 10.2. The second-order valence-electron chi connectivity index (χ2n) is 15.7. The van der Waals surface area contributed by atoms with Crippen molar-refractivity contribution < 1.29 is 53.2 Å². The van der Waals surface area contributed by atoms with E-state index in [9.17, 15) is 28.8 Å². The first-order chi connectivity index (χ1) is 29.4. The first-order valence-electron chi connectivity index (χ1n) is 20.4. The largest absolute Gasteiger partial charge is 0.478 e. The van der Waals surface area contributed by atoms with E-state index in [1.807, 2.05) is 40.7 Å². The van der Waals surface area contributed by atoms with Gasteiger partial charge >= 0.3 is 17.9 Å². The number of likely N-dealkylation sites (N-methyl/N-ethyl adjacent to an activating group) is 1. The van der Waals surface area contributed by atoms with Crippen LogP contribution in [0.15, 0.2) is 30.4 Å². The molecule has 0 aliphatic carbocycles. The van der Waals surface area contributed by atoms with Gasteiger partial charge in [-0.25, -0.2) is 9.59 Å². The number of anilines is 2. The summed E-state index contributed by atoms with van der Waals surface area (Å²) in [7, 11) is 0. The van der Waals surface area contributed by atoms with E-state index in [2.05, 4.69) is 48.0 Å². The van der Waals surface area contributed by atoms with Crippen molar-refractivity contribution in [3.8, 4) is 5.88 Å². The summed E-state index contributed by atoms with van der Waals surface area (Å²) in [5.41, 5.74) is 4.72. The molecule has 2 aromatic heterocycles. The zero-order valence-corrected chi connectivity index (χ0v) is 37.1. The number of carbonyl (C=O) groups is 6. The summed E-state index contributed by atoms with van der Waals surface area (Å²) in [5.74, 6) is -2.50. The van der Waals surface area contributed by atoms with E-state index < -0.39 is 29.4 Å². The highest BCUT2D eigenvalue weighted by Gasteiger charge is 2.31. The van der Waals surface area contributed by atoms with Gasteiger partial charge in [0.1, 0.15) is 18.5 Å². The van der Waals surface area contributed by atoms with E-state index in [0.717, 1.165) is 42.5 Å². The van der Waals surface area contributed by atoms with Gasteiger partial charge in [-0.3, -0.25) is 19.2 Å². The Kier molecular flexibility index (Phi) is 17.9. The number of hydrogen-bond donors (Lipinski definition) is 5. The molecule has 336 valence electrons. The molecule has 2 aliphatic heterocycles. The topological polar surface area (TPSA) is 243 Å². The summed E-state index contributed by atoms with van der Waals surface area (Å²) in [4.78, 5) is 79.0. The van der Waals surface area contributed by atoms with Crippen molar-refractivity contribution in [3.05, 3.63) is 64.0 Å². The van der Waals surface area contributed by atoms with Crippen LogP contribution >= 0.6 is 11.7 Å². The summed E-state index contributed by atoms with van der Waals surface area (Å²) >= 11 is 1.07. The van der Waals surface area contributed by atoms with Crippen LogP contribution in [0.2, 0.25) is 0 Å². The lowest BCUT2D eigenvalue weighted by atomic mass is 9.89. The van der Waals surface area contributed by atoms with Crippen LogP contribution in [-0.4, -0.2) is 130 Å². The number of nitrogens with one attached hydrogen (secondary N) is 3. The van der Waals surface area contributed by atoms with Crippen molar-refractivity contribution in [1.29, 1.82) is 0 Å².